The van der Waals surface area contributed by atoms with Crippen LogP contribution in [0.5, 0.6) is 0 Å². The van der Waals surface area contributed by atoms with Crippen molar-refractivity contribution in [3.63, 3.8) is 0 Å². The van der Waals surface area contributed by atoms with Gasteiger partial charge in [0.25, 0.3) is 0 Å². The maximum atomic E-state index is 6.05. The zero-order valence-electron chi connectivity index (χ0n) is 7.13. The lowest BCUT2D eigenvalue weighted by Crippen LogP contribution is -2.02. The molecule has 1 fully saturated rings. The lowest BCUT2D eigenvalue weighted by atomic mass is 10.1. The van der Waals surface area contributed by atoms with Crippen LogP contribution in [-0.2, 0) is 0 Å². The maximum Gasteiger partial charge on any atom is 0.0441 e. The Morgan fingerprint density at radius 3 is 2.77 bits per heavy atom. The first kappa shape index (κ1) is 9.32. The normalized spacial score (nSPS) is 26.1. The molecule has 0 aliphatic heterocycles. The van der Waals surface area contributed by atoms with Gasteiger partial charge in [0.2, 0.25) is 0 Å². The van der Waals surface area contributed by atoms with Crippen molar-refractivity contribution in [3.05, 3.63) is 33.8 Å². The molecule has 3 heteroatoms. The first-order chi connectivity index (χ1) is 6.22. The minimum Gasteiger partial charge on any atom is -0.330 e. The molecular weight excluding hydrogens is 205 g/mol. The molecular formula is C10H11Cl2N. The second-order valence-corrected chi connectivity index (χ2v) is 4.35. The summed E-state index contributed by atoms with van der Waals surface area (Å²) in [5.41, 5.74) is 6.73. The van der Waals surface area contributed by atoms with Crippen molar-refractivity contribution in [3.8, 4) is 0 Å². The molecule has 0 saturated heterocycles. The van der Waals surface area contributed by atoms with Crippen molar-refractivity contribution in [2.24, 2.45) is 11.7 Å². The number of benzene rings is 1. The van der Waals surface area contributed by atoms with E-state index in [4.69, 9.17) is 28.9 Å². The summed E-state index contributed by atoms with van der Waals surface area (Å²) >= 11 is 11.9. The fraction of sp³-hybridized carbons (Fsp3) is 0.400. The van der Waals surface area contributed by atoms with Gasteiger partial charge in [0, 0.05) is 10.0 Å². The Hall–Kier alpha value is -0.240. The molecule has 0 bridgehead atoms. The lowest BCUT2D eigenvalue weighted by Gasteiger charge is -2.03. The Kier molecular flexibility index (Phi) is 2.50. The smallest absolute Gasteiger partial charge is 0.0441 e. The van der Waals surface area contributed by atoms with E-state index in [1.165, 1.54) is 0 Å². The van der Waals surface area contributed by atoms with Crippen LogP contribution in [0.25, 0.3) is 0 Å². The summed E-state index contributed by atoms with van der Waals surface area (Å²) in [6.07, 6.45) is 1.15. The summed E-state index contributed by atoms with van der Waals surface area (Å²) in [6.45, 7) is 0.744. The molecule has 2 rings (SSSR count). The van der Waals surface area contributed by atoms with Gasteiger partial charge in [-0.1, -0.05) is 23.2 Å². The number of hydrogen-bond acceptors (Lipinski definition) is 1. The molecule has 2 unspecified atom stereocenters. The zero-order chi connectivity index (χ0) is 9.42. The molecule has 1 aromatic rings. The van der Waals surface area contributed by atoms with E-state index in [0.29, 0.717) is 11.8 Å². The zero-order valence-corrected chi connectivity index (χ0v) is 8.65. The van der Waals surface area contributed by atoms with Crippen molar-refractivity contribution >= 4 is 23.2 Å². The topological polar surface area (TPSA) is 26.0 Å². The van der Waals surface area contributed by atoms with Crippen LogP contribution in [0, 0.1) is 5.92 Å². The van der Waals surface area contributed by atoms with E-state index >= 15 is 0 Å². The molecule has 0 radical (unpaired) electrons. The molecule has 0 amide bonds. The van der Waals surface area contributed by atoms with Gasteiger partial charge < -0.3 is 5.73 Å². The molecule has 1 nitrogen and oxygen atoms in total. The fourth-order valence-electron chi connectivity index (χ4n) is 1.69. The monoisotopic (exact) mass is 215 g/mol. The average molecular weight is 216 g/mol. The summed E-state index contributed by atoms with van der Waals surface area (Å²) in [6, 6.07) is 5.61. The Morgan fingerprint density at radius 2 is 2.15 bits per heavy atom. The molecule has 0 aromatic heterocycles. The van der Waals surface area contributed by atoms with Crippen LogP contribution in [0.3, 0.4) is 0 Å². The van der Waals surface area contributed by atoms with Crippen LogP contribution in [0.4, 0.5) is 0 Å². The summed E-state index contributed by atoms with van der Waals surface area (Å²) in [4.78, 5) is 0. The molecule has 2 N–H and O–H groups in total. The highest BCUT2D eigenvalue weighted by atomic mass is 35.5. The van der Waals surface area contributed by atoms with Gasteiger partial charge in [-0.2, -0.15) is 0 Å². The number of nitrogens with two attached hydrogens (primary N) is 1. The molecule has 1 aliphatic rings. The third kappa shape index (κ3) is 1.83. The van der Waals surface area contributed by atoms with Gasteiger partial charge in [0.05, 0.1) is 0 Å². The molecule has 2 atom stereocenters. The van der Waals surface area contributed by atoms with Crippen LogP contribution in [0.15, 0.2) is 18.2 Å². The fourth-order valence-corrected chi connectivity index (χ4v) is 2.13. The van der Waals surface area contributed by atoms with Crippen LogP contribution < -0.4 is 5.73 Å². The Labute approximate surface area is 87.8 Å². The Bertz CT molecular complexity index is 325. The molecule has 1 aromatic carbocycles. The van der Waals surface area contributed by atoms with Gasteiger partial charge >= 0.3 is 0 Å². The highest BCUT2D eigenvalue weighted by Gasteiger charge is 2.38. The maximum absolute atomic E-state index is 6.05. The van der Waals surface area contributed by atoms with Crippen LogP contribution in [-0.4, -0.2) is 6.54 Å². The second-order valence-electron chi connectivity index (χ2n) is 3.50. The van der Waals surface area contributed by atoms with Crippen molar-refractivity contribution < 1.29 is 0 Å². The van der Waals surface area contributed by atoms with E-state index in [0.717, 1.165) is 28.6 Å². The highest BCUT2D eigenvalue weighted by molar-refractivity contribution is 6.33. The summed E-state index contributed by atoms with van der Waals surface area (Å²) in [7, 11) is 0. The molecule has 1 saturated carbocycles. The SMILES string of the molecule is NCC1CC1c1cc(Cl)ccc1Cl. The molecule has 1 aliphatic carbocycles. The summed E-state index contributed by atoms with van der Waals surface area (Å²) in [5.74, 6) is 1.15. The third-order valence-electron chi connectivity index (χ3n) is 2.58. The van der Waals surface area contributed by atoms with E-state index in [-0.39, 0.29) is 0 Å². The molecule has 13 heavy (non-hydrogen) atoms. The van der Waals surface area contributed by atoms with E-state index in [2.05, 4.69) is 0 Å². The van der Waals surface area contributed by atoms with E-state index in [1.54, 1.807) is 0 Å². The van der Waals surface area contributed by atoms with E-state index in [9.17, 15) is 0 Å². The van der Waals surface area contributed by atoms with Crippen molar-refractivity contribution in [2.45, 2.75) is 12.3 Å². The van der Waals surface area contributed by atoms with Crippen LogP contribution >= 0.6 is 23.2 Å². The summed E-state index contributed by atoms with van der Waals surface area (Å²) in [5, 5.41) is 1.56. The summed E-state index contributed by atoms with van der Waals surface area (Å²) < 4.78 is 0. The predicted molar refractivity (Wildman–Crippen MR) is 56.4 cm³/mol. The van der Waals surface area contributed by atoms with Crippen LogP contribution in [0.1, 0.15) is 17.9 Å². The molecule has 0 spiro atoms. The number of rotatable bonds is 2. The first-order valence-electron chi connectivity index (χ1n) is 4.37. The van der Waals surface area contributed by atoms with Gasteiger partial charge in [-0.3, -0.25) is 0 Å². The van der Waals surface area contributed by atoms with Crippen LogP contribution in [0.2, 0.25) is 10.0 Å². The predicted octanol–water partition coefficient (Wildman–Crippen LogP) is 3.06. The molecule has 70 valence electrons. The largest absolute Gasteiger partial charge is 0.330 e. The van der Waals surface area contributed by atoms with Gasteiger partial charge in [-0.15, -0.1) is 0 Å². The van der Waals surface area contributed by atoms with Gasteiger partial charge in [0.1, 0.15) is 0 Å². The number of hydrogen-bond donors (Lipinski definition) is 1. The lowest BCUT2D eigenvalue weighted by molar-refractivity contribution is 0.810. The average Bonchev–Trinajstić information content (AvgIpc) is 2.88. The van der Waals surface area contributed by atoms with E-state index < -0.39 is 0 Å². The van der Waals surface area contributed by atoms with Crippen molar-refractivity contribution in [1.29, 1.82) is 0 Å². The van der Waals surface area contributed by atoms with Gasteiger partial charge in [-0.25, -0.2) is 0 Å². The minimum absolute atomic E-state index is 0.538. The van der Waals surface area contributed by atoms with Gasteiger partial charge in [0.15, 0.2) is 0 Å². The minimum atomic E-state index is 0.538. The Balaban J connectivity index is 2.25. The third-order valence-corrected chi connectivity index (χ3v) is 3.16. The van der Waals surface area contributed by atoms with Crippen molar-refractivity contribution in [2.75, 3.05) is 6.54 Å². The number of halogens is 2. The highest BCUT2D eigenvalue weighted by Crippen LogP contribution is 2.49. The standard InChI is InChI=1S/C10H11Cl2N/c11-7-1-2-10(12)9(4-7)8-3-6(8)5-13/h1-2,4,6,8H,3,5,13H2. The van der Waals surface area contributed by atoms with Gasteiger partial charge in [-0.05, 0) is 48.6 Å². The quantitative estimate of drug-likeness (QED) is 0.807. The second kappa shape index (κ2) is 3.49. The van der Waals surface area contributed by atoms with Crippen molar-refractivity contribution in [1.82, 2.24) is 0 Å². The first-order valence-corrected chi connectivity index (χ1v) is 5.13. The molecule has 0 heterocycles. The van der Waals surface area contributed by atoms with E-state index in [1.807, 2.05) is 18.2 Å². The Morgan fingerprint density at radius 1 is 1.38 bits per heavy atom.